The van der Waals surface area contributed by atoms with Crippen molar-refractivity contribution in [2.45, 2.75) is 65.3 Å². The van der Waals surface area contributed by atoms with Crippen LogP contribution in [0.4, 0.5) is 0 Å². The van der Waals surface area contributed by atoms with Gasteiger partial charge in [-0.05, 0) is 51.0 Å². The number of rotatable bonds is 6. The van der Waals surface area contributed by atoms with Crippen molar-refractivity contribution in [3.8, 4) is 0 Å². The van der Waals surface area contributed by atoms with Crippen LogP contribution in [0, 0.1) is 11.8 Å². The SMILES string of the molecule is C=C(C)CCC(NCC)C1CCC(C)CC1. The Morgan fingerprint density at radius 1 is 1.31 bits per heavy atom. The highest BCUT2D eigenvalue weighted by Crippen LogP contribution is 2.32. The van der Waals surface area contributed by atoms with Crippen molar-refractivity contribution in [1.29, 1.82) is 0 Å². The normalized spacial score (nSPS) is 27.7. The van der Waals surface area contributed by atoms with E-state index in [1.807, 2.05) is 0 Å². The summed E-state index contributed by atoms with van der Waals surface area (Å²) < 4.78 is 0. The average Bonchev–Trinajstić information content (AvgIpc) is 2.25. The van der Waals surface area contributed by atoms with Gasteiger partial charge in [0, 0.05) is 6.04 Å². The number of hydrogen-bond donors (Lipinski definition) is 1. The monoisotopic (exact) mass is 223 g/mol. The maximum absolute atomic E-state index is 4.02. The van der Waals surface area contributed by atoms with Gasteiger partial charge < -0.3 is 5.32 Å². The van der Waals surface area contributed by atoms with Crippen molar-refractivity contribution < 1.29 is 0 Å². The molecule has 0 aromatic heterocycles. The van der Waals surface area contributed by atoms with Gasteiger partial charge in [0.2, 0.25) is 0 Å². The molecule has 1 fully saturated rings. The summed E-state index contributed by atoms with van der Waals surface area (Å²) in [5, 5.41) is 3.68. The first-order valence-corrected chi connectivity index (χ1v) is 7.01. The second-order valence-electron chi connectivity index (χ2n) is 5.68. The Hall–Kier alpha value is -0.300. The molecule has 0 aromatic rings. The van der Waals surface area contributed by atoms with E-state index in [4.69, 9.17) is 0 Å². The van der Waals surface area contributed by atoms with Crippen LogP contribution in [0.5, 0.6) is 0 Å². The number of allylic oxidation sites excluding steroid dienone is 1. The molecule has 0 heterocycles. The second kappa shape index (κ2) is 7.11. The first kappa shape index (κ1) is 13.8. The van der Waals surface area contributed by atoms with Crippen molar-refractivity contribution in [1.82, 2.24) is 5.32 Å². The van der Waals surface area contributed by atoms with Crippen LogP contribution in [-0.4, -0.2) is 12.6 Å². The van der Waals surface area contributed by atoms with Gasteiger partial charge in [0.25, 0.3) is 0 Å². The molecule has 1 saturated carbocycles. The molecule has 1 rings (SSSR count). The van der Waals surface area contributed by atoms with Crippen molar-refractivity contribution in [2.24, 2.45) is 11.8 Å². The zero-order valence-corrected chi connectivity index (χ0v) is 11.4. The molecule has 94 valence electrons. The largest absolute Gasteiger partial charge is 0.314 e. The lowest BCUT2D eigenvalue weighted by molar-refractivity contribution is 0.224. The summed E-state index contributed by atoms with van der Waals surface area (Å²) in [5.74, 6) is 1.87. The van der Waals surface area contributed by atoms with Gasteiger partial charge in [-0.3, -0.25) is 0 Å². The highest BCUT2D eigenvalue weighted by atomic mass is 14.9. The predicted octanol–water partition coefficient (Wildman–Crippen LogP) is 4.15. The Morgan fingerprint density at radius 3 is 2.44 bits per heavy atom. The first-order chi connectivity index (χ1) is 7.63. The Balaban J connectivity index is 2.39. The third kappa shape index (κ3) is 4.69. The second-order valence-corrected chi connectivity index (χ2v) is 5.68. The molecule has 0 aromatic carbocycles. The third-order valence-corrected chi connectivity index (χ3v) is 3.98. The number of hydrogen-bond acceptors (Lipinski definition) is 1. The Morgan fingerprint density at radius 2 is 1.94 bits per heavy atom. The molecule has 1 nitrogen and oxygen atoms in total. The molecule has 1 aliphatic carbocycles. The van der Waals surface area contributed by atoms with E-state index in [-0.39, 0.29) is 0 Å². The molecule has 0 bridgehead atoms. The molecular formula is C15H29N. The molecule has 0 aliphatic heterocycles. The van der Waals surface area contributed by atoms with Gasteiger partial charge >= 0.3 is 0 Å². The zero-order valence-electron chi connectivity index (χ0n) is 11.4. The van der Waals surface area contributed by atoms with Gasteiger partial charge in [-0.2, -0.15) is 0 Å². The van der Waals surface area contributed by atoms with E-state index < -0.39 is 0 Å². The summed E-state index contributed by atoms with van der Waals surface area (Å²) in [4.78, 5) is 0. The molecule has 1 aliphatic rings. The quantitative estimate of drug-likeness (QED) is 0.667. The first-order valence-electron chi connectivity index (χ1n) is 7.01. The van der Waals surface area contributed by atoms with E-state index in [1.54, 1.807) is 0 Å². The Kier molecular flexibility index (Phi) is 6.12. The predicted molar refractivity (Wildman–Crippen MR) is 72.6 cm³/mol. The maximum Gasteiger partial charge on any atom is 0.00982 e. The fraction of sp³-hybridized carbons (Fsp3) is 0.867. The van der Waals surface area contributed by atoms with Crippen LogP contribution < -0.4 is 5.32 Å². The molecule has 16 heavy (non-hydrogen) atoms. The molecule has 1 unspecified atom stereocenters. The minimum absolute atomic E-state index is 0.731. The third-order valence-electron chi connectivity index (χ3n) is 3.98. The summed E-state index contributed by atoms with van der Waals surface area (Å²) in [6, 6.07) is 0.731. The van der Waals surface area contributed by atoms with Crippen molar-refractivity contribution in [3.63, 3.8) is 0 Å². The molecule has 1 N–H and O–H groups in total. The Labute approximate surface area is 102 Å². The topological polar surface area (TPSA) is 12.0 Å². The van der Waals surface area contributed by atoms with E-state index in [0.717, 1.165) is 24.4 Å². The van der Waals surface area contributed by atoms with Crippen LogP contribution in [0.15, 0.2) is 12.2 Å². The molecular weight excluding hydrogens is 194 g/mol. The molecule has 1 atom stereocenters. The fourth-order valence-corrected chi connectivity index (χ4v) is 2.86. The van der Waals surface area contributed by atoms with Crippen molar-refractivity contribution in [2.75, 3.05) is 6.54 Å². The molecule has 0 radical (unpaired) electrons. The van der Waals surface area contributed by atoms with Crippen LogP contribution in [-0.2, 0) is 0 Å². The van der Waals surface area contributed by atoms with Crippen LogP contribution in [0.1, 0.15) is 59.3 Å². The lowest BCUT2D eigenvalue weighted by atomic mass is 9.78. The van der Waals surface area contributed by atoms with E-state index >= 15 is 0 Å². The van der Waals surface area contributed by atoms with Crippen LogP contribution in [0.3, 0.4) is 0 Å². The fourth-order valence-electron chi connectivity index (χ4n) is 2.86. The number of nitrogens with one attached hydrogen (secondary N) is 1. The zero-order chi connectivity index (χ0) is 12.0. The highest BCUT2D eigenvalue weighted by Gasteiger charge is 2.24. The molecule has 0 spiro atoms. The molecule has 0 amide bonds. The molecule has 1 heteroatoms. The highest BCUT2D eigenvalue weighted by molar-refractivity contribution is 4.91. The van der Waals surface area contributed by atoms with E-state index in [2.05, 4.69) is 32.7 Å². The van der Waals surface area contributed by atoms with E-state index in [0.29, 0.717) is 0 Å². The Bertz CT molecular complexity index is 201. The van der Waals surface area contributed by atoms with Gasteiger partial charge in [0.15, 0.2) is 0 Å². The van der Waals surface area contributed by atoms with Gasteiger partial charge in [-0.1, -0.05) is 32.3 Å². The minimum Gasteiger partial charge on any atom is -0.314 e. The van der Waals surface area contributed by atoms with E-state index in [1.165, 1.54) is 44.1 Å². The van der Waals surface area contributed by atoms with E-state index in [9.17, 15) is 0 Å². The smallest absolute Gasteiger partial charge is 0.00982 e. The van der Waals surface area contributed by atoms with Crippen LogP contribution in [0.2, 0.25) is 0 Å². The molecule has 0 saturated heterocycles. The van der Waals surface area contributed by atoms with Gasteiger partial charge in [0.05, 0.1) is 0 Å². The summed E-state index contributed by atoms with van der Waals surface area (Å²) in [7, 11) is 0. The van der Waals surface area contributed by atoms with Gasteiger partial charge in [-0.25, -0.2) is 0 Å². The van der Waals surface area contributed by atoms with Crippen molar-refractivity contribution in [3.05, 3.63) is 12.2 Å². The van der Waals surface area contributed by atoms with Gasteiger partial charge in [0.1, 0.15) is 0 Å². The van der Waals surface area contributed by atoms with Crippen LogP contribution >= 0.6 is 0 Å². The average molecular weight is 223 g/mol. The lowest BCUT2D eigenvalue weighted by Crippen LogP contribution is -2.37. The lowest BCUT2D eigenvalue weighted by Gasteiger charge is -2.33. The summed E-state index contributed by atoms with van der Waals surface area (Å²) >= 11 is 0. The standard InChI is InChI=1S/C15H29N/c1-5-16-15(11-6-12(2)3)14-9-7-13(4)8-10-14/h13-16H,2,5-11H2,1,3-4H3. The van der Waals surface area contributed by atoms with Crippen LogP contribution in [0.25, 0.3) is 0 Å². The summed E-state index contributed by atoms with van der Waals surface area (Å²) in [5.41, 5.74) is 1.33. The van der Waals surface area contributed by atoms with Crippen molar-refractivity contribution >= 4 is 0 Å². The maximum atomic E-state index is 4.02. The summed E-state index contributed by atoms with van der Waals surface area (Å²) in [6.45, 7) is 11.9. The summed E-state index contributed by atoms with van der Waals surface area (Å²) in [6.07, 6.45) is 8.18. The van der Waals surface area contributed by atoms with Gasteiger partial charge in [-0.15, -0.1) is 6.58 Å². The minimum atomic E-state index is 0.731.